The monoisotopic (exact) mass is 175 g/mol. The molecule has 0 unspecified atom stereocenters. The molecule has 0 bridgehead atoms. The van der Waals surface area contributed by atoms with E-state index in [9.17, 15) is 0 Å². The molecule has 0 aromatic heterocycles. The fraction of sp³-hybridized carbons (Fsp3) is 0.333. The van der Waals surface area contributed by atoms with Crippen LogP contribution in [-0.4, -0.2) is 6.54 Å². The lowest BCUT2D eigenvalue weighted by Gasteiger charge is -2.03. The third kappa shape index (κ3) is 3.32. The molecule has 13 heavy (non-hydrogen) atoms. The molecule has 0 saturated heterocycles. The van der Waals surface area contributed by atoms with Crippen LogP contribution < -0.4 is 5.32 Å². The molecule has 0 aliphatic heterocycles. The first kappa shape index (κ1) is 9.85. The lowest BCUT2D eigenvalue weighted by molar-refractivity contribution is 1.21. The van der Waals surface area contributed by atoms with Crippen molar-refractivity contribution in [3.05, 3.63) is 35.9 Å². The van der Waals surface area contributed by atoms with E-state index in [1.807, 2.05) is 0 Å². The highest BCUT2D eigenvalue weighted by Crippen LogP contribution is 2.11. The molecule has 70 valence electrons. The van der Waals surface area contributed by atoms with Crippen molar-refractivity contribution in [2.45, 2.75) is 20.3 Å². The van der Waals surface area contributed by atoms with Crippen LogP contribution >= 0.6 is 0 Å². The van der Waals surface area contributed by atoms with Gasteiger partial charge in [-0.3, -0.25) is 0 Å². The minimum Gasteiger partial charge on any atom is -0.385 e. The highest BCUT2D eigenvalue weighted by atomic mass is 14.8. The van der Waals surface area contributed by atoms with Gasteiger partial charge < -0.3 is 5.32 Å². The van der Waals surface area contributed by atoms with Gasteiger partial charge in [0, 0.05) is 12.2 Å². The van der Waals surface area contributed by atoms with Crippen LogP contribution in [0.15, 0.2) is 30.3 Å². The van der Waals surface area contributed by atoms with E-state index in [0.717, 1.165) is 13.0 Å². The molecule has 0 amide bonds. The summed E-state index contributed by atoms with van der Waals surface area (Å²) in [6.07, 6.45) is 5.41. The topological polar surface area (TPSA) is 12.0 Å². The Morgan fingerprint density at radius 3 is 2.85 bits per heavy atom. The number of anilines is 1. The second-order valence-electron chi connectivity index (χ2n) is 2.97. The standard InChI is InChI=1S/C12H17N/c1-3-5-7-11-8-6-9-12(10-11)13-4-2/h5-10,13H,3-4H2,1-2H3/b7-5+. The second-order valence-corrected chi connectivity index (χ2v) is 2.97. The molecule has 0 fully saturated rings. The Labute approximate surface area is 80.5 Å². The van der Waals surface area contributed by atoms with Gasteiger partial charge in [0.25, 0.3) is 0 Å². The maximum absolute atomic E-state index is 3.29. The molecule has 1 aromatic carbocycles. The first-order valence-electron chi connectivity index (χ1n) is 4.87. The van der Waals surface area contributed by atoms with E-state index in [-0.39, 0.29) is 0 Å². The molecule has 0 radical (unpaired) electrons. The van der Waals surface area contributed by atoms with Crippen molar-refractivity contribution < 1.29 is 0 Å². The normalized spacial score (nSPS) is 10.6. The van der Waals surface area contributed by atoms with E-state index in [1.54, 1.807) is 0 Å². The number of nitrogens with one attached hydrogen (secondary N) is 1. The van der Waals surface area contributed by atoms with Gasteiger partial charge >= 0.3 is 0 Å². The predicted octanol–water partition coefficient (Wildman–Crippen LogP) is 3.54. The Kier molecular flexibility index (Phi) is 4.10. The van der Waals surface area contributed by atoms with Crippen LogP contribution in [0.5, 0.6) is 0 Å². The zero-order chi connectivity index (χ0) is 9.52. The first-order valence-corrected chi connectivity index (χ1v) is 4.87. The number of rotatable bonds is 4. The van der Waals surface area contributed by atoms with Crippen molar-refractivity contribution in [2.24, 2.45) is 0 Å². The fourth-order valence-electron chi connectivity index (χ4n) is 1.21. The Morgan fingerprint density at radius 2 is 2.15 bits per heavy atom. The molecule has 1 N–H and O–H groups in total. The summed E-state index contributed by atoms with van der Waals surface area (Å²) in [5.74, 6) is 0. The van der Waals surface area contributed by atoms with Crippen LogP contribution in [0.25, 0.3) is 6.08 Å². The molecule has 0 aliphatic carbocycles. The molecule has 1 nitrogen and oxygen atoms in total. The van der Waals surface area contributed by atoms with Gasteiger partial charge in [-0.2, -0.15) is 0 Å². The molecule has 0 heterocycles. The quantitative estimate of drug-likeness (QED) is 0.738. The molecular formula is C12H17N. The van der Waals surface area contributed by atoms with Crippen LogP contribution in [0, 0.1) is 0 Å². The molecule has 0 aliphatic rings. The number of hydrogen-bond donors (Lipinski definition) is 1. The maximum atomic E-state index is 3.29. The predicted molar refractivity (Wildman–Crippen MR) is 59.9 cm³/mol. The summed E-state index contributed by atoms with van der Waals surface area (Å²) in [6.45, 7) is 5.22. The van der Waals surface area contributed by atoms with E-state index in [0.29, 0.717) is 0 Å². The Balaban J connectivity index is 2.73. The summed E-state index contributed by atoms with van der Waals surface area (Å²) in [4.78, 5) is 0. The van der Waals surface area contributed by atoms with Gasteiger partial charge in [0.1, 0.15) is 0 Å². The fourth-order valence-corrected chi connectivity index (χ4v) is 1.21. The summed E-state index contributed by atoms with van der Waals surface area (Å²) in [7, 11) is 0. The van der Waals surface area contributed by atoms with E-state index in [1.165, 1.54) is 11.3 Å². The summed E-state index contributed by atoms with van der Waals surface area (Å²) >= 11 is 0. The molecule has 1 rings (SSSR count). The van der Waals surface area contributed by atoms with Gasteiger partial charge in [0.2, 0.25) is 0 Å². The summed E-state index contributed by atoms with van der Waals surface area (Å²) in [5, 5.41) is 3.29. The molecule has 0 atom stereocenters. The zero-order valence-corrected chi connectivity index (χ0v) is 8.38. The first-order chi connectivity index (χ1) is 6.36. The lowest BCUT2D eigenvalue weighted by atomic mass is 10.2. The van der Waals surface area contributed by atoms with Crippen molar-refractivity contribution in [1.82, 2.24) is 0 Å². The third-order valence-corrected chi connectivity index (χ3v) is 1.81. The van der Waals surface area contributed by atoms with Crippen molar-refractivity contribution in [3.63, 3.8) is 0 Å². The van der Waals surface area contributed by atoms with E-state index in [2.05, 4.69) is 55.6 Å². The highest BCUT2D eigenvalue weighted by molar-refractivity contribution is 5.57. The summed E-state index contributed by atoms with van der Waals surface area (Å²) < 4.78 is 0. The highest BCUT2D eigenvalue weighted by Gasteiger charge is 1.89. The van der Waals surface area contributed by atoms with Crippen LogP contribution in [0.2, 0.25) is 0 Å². The minimum absolute atomic E-state index is 0.973. The SMILES string of the molecule is CC/C=C/c1cccc(NCC)c1. The van der Waals surface area contributed by atoms with Crippen molar-refractivity contribution in [3.8, 4) is 0 Å². The number of benzene rings is 1. The van der Waals surface area contributed by atoms with Gasteiger partial charge in [-0.1, -0.05) is 31.2 Å². The van der Waals surface area contributed by atoms with Crippen LogP contribution in [-0.2, 0) is 0 Å². The van der Waals surface area contributed by atoms with Crippen LogP contribution in [0.4, 0.5) is 5.69 Å². The maximum Gasteiger partial charge on any atom is 0.0346 e. The average Bonchev–Trinajstić information content (AvgIpc) is 2.16. The van der Waals surface area contributed by atoms with Gasteiger partial charge in [0.15, 0.2) is 0 Å². The second kappa shape index (κ2) is 5.41. The third-order valence-electron chi connectivity index (χ3n) is 1.81. The largest absolute Gasteiger partial charge is 0.385 e. The summed E-state index contributed by atoms with van der Waals surface area (Å²) in [5.41, 5.74) is 2.46. The Morgan fingerprint density at radius 1 is 1.31 bits per heavy atom. The number of hydrogen-bond acceptors (Lipinski definition) is 1. The average molecular weight is 175 g/mol. The molecule has 1 aromatic rings. The van der Waals surface area contributed by atoms with Crippen LogP contribution in [0.3, 0.4) is 0 Å². The van der Waals surface area contributed by atoms with E-state index < -0.39 is 0 Å². The molecule has 0 spiro atoms. The van der Waals surface area contributed by atoms with E-state index in [4.69, 9.17) is 0 Å². The Bertz CT molecular complexity index is 276. The van der Waals surface area contributed by atoms with Crippen molar-refractivity contribution in [1.29, 1.82) is 0 Å². The molecule has 0 saturated carbocycles. The van der Waals surface area contributed by atoms with E-state index >= 15 is 0 Å². The van der Waals surface area contributed by atoms with Gasteiger partial charge in [-0.15, -0.1) is 0 Å². The van der Waals surface area contributed by atoms with Gasteiger partial charge in [-0.25, -0.2) is 0 Å². The Hall–Kier alpha value is -1.24. The molecular weight excluding hydrogens is 158 g/mol. The van der Waals surface area contributed by atoms with Crippen molar-refractivity contribution in [2.75, 3.05) is 11.9 Å². The summed E-state index contributed by atoms with van der Waals surface area (Å²) in [6, 6.07) is 8.45. The number of allylic oxidation sites excluding steroid dienone is 1. The zero-order valence-electron chi connectivity index (χ0n) is 8.38. The molecule has 1 heteroatoms. The van der Waals surface area contributed by atoms with Gasteiger partial charge in [0.05, 0.1) is 0 Å². The van der Waals surface area contributed by atoms with Crippen LogP contribution in [0.1, 0.15) is 25.8 Å². The smallest absolute Gasteiger partial charge is 0.0346 e. The minimum atomic E-state index is 0.973. The lowest BCUT2D eigenvalue weighted by Crippen LogP contribution is -1.95. The van der Waals surface area contributed by atoms with Gasteiger partial charge in [-0.05, 0) is 31.0 Å². The van der Waals surface area contributed by atoms with Crippen molar-refractivity contribution >= 4 is 11.8 Å².